The molecule has 2 heterocycles. The van der Waals surface area contributed by atoms with Crippen LogP contribution in [-0.4, -0.2) is 18.1 Å². The Hall–Kier alpha value is -0.670. The van der Waals surface area contributed by atoms with E-state index in [-0.39, 0.29) is 18.4 Å². The van der Waals surface area contributed by atoms with Crippen molar-refractivity contribution in [3.8, 4) is 0 Å². The van der Waals surface area contributed by atoms with Gasteiger partial charge < -0.3 is 5.32 Å². The molecule has 2 nitrogen and oxygen atoms in total. The molecule has 1 unspecified atom stereocenters. The van der Waals surface area contributed by atoms with Gasteiger partial charge in [0.2, 0.25) is 5.95 Å². The Kier molecular flexibility index (Phi) is 3.84. The first-order valence-corrected chi connectivity index (χ1v) is 4.61. The minimum atomic E-state index is -0.329. The highest BCUT2D eigenvalue weighted by atomic mass is 35.5. The molecule has 14 heavy (non-hydrogen) atoms. The van der Waals surface area contributed by atoms with E-state index in [1.54, 1.807) is 13.1 Å². The molecule has 0 spiro atoms. The van der Waals surface area contributed by atoms with E-state index in [1.165, 1.54) is 0 Å². The highest BCUT2D eigenvalue weighted by Gasteiger charge is 2.19. The van der Waals surface area contributed by atoms with Crippen LogP contribution < -0.4 is 5.32 Å². The van der Waals surface area contributed by atoms with Crippen molar-refractivity contribution in [1.29, 1.82) is 0 Å². The van der Waals surface area contributed by atoms with Crippen molar-refractivity contribution in [3.05, 3.63) is 29.3 Å². The summed E-state index contributed by atoms with van der Waals surface area (Å²) in [6.07, 6.45) is 2.65. The molecule has 1 atom stereocenters. The summed E-state index contributed by atoms with van der Waals surface area (Å²) in [6, 6.07) is 1.93. The Labute approximate surface area is 89.3 Å². The highest BCUT2D eigenvalue weighted by Crippen LogP contribution is 2.25. The number of aromatic nitrogens is 1. The van der Waals surface area contributed by atoms with Crippen LogP contribution in [0.15, 0.2) is 12.3 Å². The number of halogens is 2. The molecule has 0 radical (unpaired) electrons. The Morgan fingerprint density at radius 2 is 2.36 bits per heavy atom. The van der Waals surface area contributed by atoms with E-state index in [4.69, 9.17) is 0 Å². The first-order valence-electron chi connectivity index (χ1n) is 4.61. The highest BCUT2D eigenvalue weighted by molar-refractivity contribution is 5.85. The molecule has 0 bridgehead atoms. The van der Waals surface area contributed by atoms with Crippen LogP contribution in [-0.2, 0) is 0 Å². The lowest BCUT2D eigenvalue weighted by molar-refractivity contribution is 0.567. The van der Waals surface area contributed by atoms with Gasteiger partial charge in [-0.1, -0.05) is 0 Å². The Bertz CT molecular complexity index is 311. The first kappa shape index (κ1) is 11.4. The van der Waals surface area contributed by atoms with Crippen molar-refractivity contribution < 1.29 is 4.39 Å². The van der Waals surface area contributed by atoms with Gasteiger partial charge in [0, 0.05) is 18.3 Å². The summed E-state index contributed by atoms with van der Waals surface area (Å²) in [5.41, 5.74) is 1.81. The molecule has 1 saturated heterocycles. The number of hydrogen-bond donors (Lipinski definition) is 1. The molecule has 1 aliphatic heterocycles. The van der Waals surface area contributed by atoms with Gasteiger partial charge >= 0.3 is 0 Å². The standard InChI is InChI=1S/C10H13FN2.ClH/c1-7-9(3-5-13-10(7)11)8-2-4-12-6-8;/h3,5,8,12H,2,4,6H2,1H3;1H. The molecule has 1 aliphatic rings. The molecule has 1 N–H and O–H groups in total. The maximum atomic E-state index is 13.1. The summed E-state index contributed by atoms with van der Waals surface area (Å²) in [6.45, 7) is 3.80. The summed E-state index contributed by atoms with van der Waals surface area (Å²) < 4.78 is 13.1. The van der Waals surface area contributed by atoms with Gasteiger partial charge in [-0.2, -0.15) is 4.39 Å². The molecular formula is C10H14ClFN2. The molecule has 4 heteroatoms. The molecule has 1 fully saturated rings. The van der Waals surface area contributed by atoms with E-state index >= 15 is 0 Å². The lowest BCUT2D eigenvalue weighted by Crippen LogP contribution is -2.09. The Morgan fingerprint density at radius 3 is 3.00 bits per heavy atom. The van der Waals surface area contributed by atoms with Gasteiger partial charge in [-0.25, -0.2) is 4.98 Å². The third kappa shape index (κ3) is 2.04. The van der Waals surface area contributed by atoms with E-state index in [9.17, 15) is 4.39 Å². The van der Waals surface area contributed by atoms with Gasteiger partial charge in [0.15, 0.2) is 0 Å². The summed E-state index contributed by atoms with van der Waals surface area (Å²) in [4.78, 5) is 3.62. The van der Waals surface area contributed by atoms with Crippen molar-refractivity contribution in [1.82, 2.24) is 10.3 Å². The van der Waals surface area contributed by atoms with Crippen LogP contribution in [0.1, 0.15) is 23.5 Å². The fourth-order valence-electron chi connectivity index (χ4n) is 1.89. The van der Waals surface area contributed by atoms with Gasteiger partial charge in [-0.15, -0.1) is 12.4 Å². The largest absolute Gasteiger partial charge is 0.316 e. The second-order valence-electron chi connectivity index (χ2n) is 3.51. The van der Waals surface area contributed by atoms with Crippen LogP contribution in [0, 0.1) is 12.9 Å². The molecule has 0 aromatic carbocycles. The average Bonchev–Trinajstić information content (AvgIpc) is 2.62. The minimum Gasteiger partial charge on any atom is -0.316 e. The second-order valence-corrected chi connectivity index (χ2v) is 3.51. The van der Waals surface area contributed by atoms with Gasteiger partial charge in [0.1, 0.15) is 0 Å². The topological polar surface area (TPSA) is 24.9 Å². The summed E-state index contributed by atoms with van der Waals surface area (Å²) in [5.74, 6) is 0.141. The SMILES string of the molecule is Cc1c(C2CCNC2)ccnc1F.Cl. The van der Waals surface area contributed by atoms with Gasteiger partial charge in [0.25, 0.3) is 0 Å². The Balaban J connectivity index is 0.000000980. The van der Waals surface area contributed by atoms with Crippen LogP contribution in [0.4, 0.5) is 4.39 Å². The van der Waals surface area contributed by atoms with Crippen molar-refractivity contribution in [3.63, 3.8) is 0 Å². The van der Waals surface area contributed by atoms with Crippen LogP contribution in [0.2, 0.25) is 0 Å². The molecule has 0 aliphatic carbocycles. The van der Waals surface area contributed by atoms with Crippen molar-refractivity contribution >= 4 is 12.4 Å². The van der Waals surface area contributed by atoms with E-state index < -0.39 is 0 Å². The average molecular weight is 217 g/mol. The van der Waals surface area contributed by atoms with Gasteiger partial charge in [0.05, 0.1) is 0 Å². The summed E-state index contributed by atoms with van der Waals surface area (Å²) in [5, 5.41) is 3.27. The van der Waals surface area contributed by atoms with Crippen molar-refractivity contribution in [2.75, 3.05) is 13.1 Å². The number of pyridine rings is 1. The number of nitrogens with zero attached hydrogens (tertiary/aromatic N) is 1. The lowest BCUT2D eigenvalue weighted by atomic mass is 9.96. The quantitative estimate of drug-likeness (QED) is 0.727. The third-order valence-corrected chi connectivity index (χ3v) is 2.68. The molecule has 1 aromatic heterocycles. The Morgan fingerprint density at radius 1 is 1.57 bits per heavy atom. The zero-order valence-electron chi connectivity index (χ0n) is 8.09. The number of hydrogen-bond acceptors (Lipinski definition) is 2. The lowest BCUT2D eigenvalue weighted by Gasteiger charge is -2.11. The number of rotatable bonds is 1. The van der Waals surface area contributed by atoms with Gasteiger partial charge in [-0.05, 0) is 37.4 Å². The predicted molar refractivity (Wildman–Crippen MR) is 56.4 cm³/mol. The normalized spacial score (nSPS) is 20.6. The molecule has 2 rings (SSSR count). The zero-order valence-corrected chi connectivity index (χ0v) is 8.90. The summed E-state index contributed by atoms with van der Waals surface area (Å²) >= 11 is 0. The van der Waals surface area contributed by atoms with Gasteiger partial charge in [-0.3, -0.25) is 0 Å². The molecule has 0 saturated carbocycles. The second kappa shape index (κ2) is 4.71. The van der Waals surface area contributed by atoms with Crippen LogP contribution in [0.25, 0.3) is 0 Å². The first-order chi connectivity index (χ1) is 6.29. The number of nitrogens with one attached hydrogen (secondary N) is 1. The van der Waals surface area contributed by atoms with E-state index in [1.807, 2.05) is 6.07 Å². The fraction of sp³-hybridized carbons (Fsp3) is 0.500. The maximum Gasteiger partial charge on any atom is 0.216 e. The van der Waals surface area contributed by atoms with Crippen LogP contribution in [0.5, 0.6) is 0 Å². The molecule has 1 aromatic rings. The maximum absolute atomic E-state index is 13.1. The third-order valence-electron chi connectivity index (χ3n) is 2.68. The van der Waals surface area contributed by atoms with Crippen molar-refractivity contribution in [2.45, 2.75) is 19.3 Å². The van der Waals surface area contributed by atoms with E-state index in [0.717, 1.165) is 25.1 Å². The van der Waals surface area contributed by atoms with Crippen molar-refractivity contribution in [2.24, 2.45) is 0 Å². The monoisotopic (exact) mass is 216 g/mol. The van der Waals surface area contributed by atoms with E-state index in [0.29, 0.717) is 11.5 Å². The van der Waals surface area contributed by atoms with Crippen LogP contribution in [0.3, 0.4) is 0 Å². The smallest absolute Gasteiger partial charge is 0.216 e. The predicted octanol–water partition coefficient (Wildman–Crippen LogP) is 2.03. The van der Waals surface area contributed by atoms with Crippen LogP contribution >= 0.6 is 12.4 Å². The molecule has 0 amide bonds. The molecular weight excluding hydrogens is 203 g/mol. The minimum absolute atomic E-state index is 0. The fourth-order valence-corrected chi connectivity index (χ4v) is 1.89. The zero-order chi connectivity index (χ0) is 9.26. The summed E-state index contributed by atoms with van der Waals surface area (Å²) in [7, 11) is 0. The van der Waals surface area contributed by atoms with E-state index in [2.05, 4.69) is 10.3 Å². The molecule has 78 valence electrons.